The topological polar surface area (TPSA) is 42.4 Å². The molecule has 1 aromatic carbocycles. The minimum Gasteiger partial charge on any atom is -0.467 e. The molecule has 1 aromatic heterocycles. The lowest BCUT2D eigenvalue weighted by atomic mass is 10.2. The molecular formula is C14H15IN2O. The van der Waals surface area contributed by atoms with Crippen LogP contribution in [0.15, 0.2) is 41.0 Å². The second-order valence-corrected chi connectivity index (χ2v) is 5.89. The number of anilines is 2. The Hall–Kier alpha value is -1.17. The van der Waals surface area contributed by atoms with E-state index in [0.29, 0.717) is 6.04 Å². The lowest BCUT2D eigenvalue weighted by Crippen LogP contribution is -2.25. The van der Waals surface area contributed by atoms with Gasteiger partial charge >= 0.3 is 0 Å². The first kappa shape index (κ1) is 11.9. The highest BCUT2D eigenvalue weighted by Crippen LogP contribution is 2.36. The molecule has 2 aromatic rings. The zero-order chi connectivity index (χ0) is 12.5. The fourth-order valence-electron chi connectivity index (χ4n) is 2.15. The van der Waals surface area contributed by atoms with Gasteiger partial charge in [-0.2, -0.15) is 0 Å². The zero-order valence-electron chi connectivity index (χ0n) is 9.97. The van der Waals surface area contributed by atoms with Crippen LogP contribution in [0.1, 0.15) is 18.6 Å². The van der Waals surface area contributed by atoms with Crippen molar-refractivity contribution < 1.29 is 4.42 Å². The van der Waals surface area contributed by atoms with Crippen molar-refractivity contribution in [3.05, 3.63) is 45.9 Å². The monoisotopic (exact) mass is 354 g/mol. The first-order chi connectivity index (χ1) is 8.74. The lowest BCUT2D eigenvalue weighted by molar-refractivity contribution is 0.501. The standard InChI is InChI=1S/C14H15IN2O/c15-10-3-6-14(13(16)8-10)17(11-4-5-11)9-12-2-1-7-18-12/h1-3,6-8,11H,4-5,9,16H2. The number of halogens is 1. The van der Waals surface area contributed by atoms with Gasteiger partial charge in [-0.3, -0.25) is 0 Å². The number of nitrogen functional groups attached to an aromatic ring is 1. The molecule has 0 amide bonds. The number of benzene rings is 1. The zero-order valence-corrected chi connectivity index (χ0v) is 12.1. The van der Waals surface area contributed by atoms with Crippen molar-refractivity contribution in [3.8, 4) is 0 Å². The lowest BCUT2D eigenvalue weighted by Gasteiger charge is -2.25. The van der Waals surface area contributed by atoms with Crippen molar-refractivity contribution in [2.24, 2.45) is 0 Å². The molecule has 0 aliphatic heterocycles. The fourth-order valence-corrected chi connectivity index (χ4v) is 2.67. The highest BCUT2D eigenvalue weighted by molar-refractivity contribution is 14.1. The van der Waals surface area contributed by atoms with E-state index in [1.165, 1.54) is 16.4 Å². The third-order valence-electron chi connectivity index (χ3n) is 3.19. The Bertz CT molecular complexity index is 535. The summed E-state index contributed by atoms with van der Waals surface area (Å²) in [6, 6.07) is 10.8. The first-order valence-electron chi connectivity index (χ1n) is 6.08. The van der Waals surface area contributed by atoms with Gasteiger partial charge in [-0.1, -0.05) is 0 Å². The smallest absolute Gasteiger partial charge is 0.123 e. The van der Waals surface area contributed by atoms with E-state index in [0.717, 1.165) is 23.7 Å². The summed E-state index contributed by atoms with van der Waals surface area (Å²) in [6.45, 7) is 0.794. The van der Waals surface area contributed by atoms with Crippen LogP contribution in [0.3, 0.4) is 0 Å². The Morgan fingerprint density at radius 2 is 2.17 bits per heavy atom. The molecule has 0 spiro atoms. The summed E-state index contributed by atoms with van der Waals surface area (Å²) in [5, 5.41) is 0. The fraction of sp³-hybridized carbons (Fsp3) is 0.286. The molecule has 4 heteroatoms. The van der Waals surface area contributed by atoms with E-state index in [1.807, 2.05) is 18.2 Å². The van der Waals surface area contributed by atoms with Gasteiger partial charge < -0.3 is 15.1 Å². The summed E-state index contributed by atoms with van der Waals surface area (Å²) in [6.07, 6.45) is 4.20. The summed E-state index contributed by atoms with van der Waals surface area (Å²) < 4.78 is 6.61. The van der Waals surface area contributed by atoms with Gasteiger partial charge in [-0.05, 0) is 65.8 Å². The molecule has 1 saturated carbocycles. The SMILES string of the molecule is Nc1cc(I)ccc1N(Cc1ccco1)C1CC1. The predicted molar refractivity (Wildman–Crippen MR) is 81.5 cm³/mol. The van der Waals surface area contributed by atoms with Gasteiger partial charge in [0.1, 0.15) is 5.76 Å². The third kappa shape index (κ3) is 2.48. The maximum atomic E-state index is 6.14. The summed E-state index contributed by atoms with van der Waals surface area (Å²) in [5.74, 6) is 0.986. The molecule has 18 heavy (non-hydrogen) atoms. The summed E-state index contributed by atoms with van der Waals surface area (Å²) >= 11 is 2.28. The number of hydrogen-bond acceptors (Lipinski definition) is 3. The highest BCUT2D eigenvalue weighted by Gasteiger charge is 2.30. The van der Waals surface area contributed by atoms with Gasteiger partial charge in [-0.15, -0.1) is 0 Å². The van der Waals surface area contributed by atoms with Crippen LogP contribution in [0.5, 0.6) is 0 Å². The second-order valence-electron chi connectivity index (χ2n) is 4.64. The number of furan rings is 1. The first-order valence-corrected chi connectivity index (χ1v) is 7.16. The van der Waals surface area contributed by atoms with E-state index in [4.69, 9.17) is 10.2 Å². The van der Waals surface area contributed by atoms with Crippen LogP contribution in [0, 0.1) is 3.57 Å². The second kappa shape index (κ2) is 4.84. The van der Waals surface area contributed by atoms with E-state index in [-0.39, 0.29) is 0 Å². The predicted octanol–water partition coefficient (Wildman–Crippen LogP) is 3.64. The van der Waals surface area contributed by atoms with Gasteiger partial charge in [0.15, 0.2) is 0 Å². The third-order valence-corrected chi connectivity index (χ3v) is 3.86. The van der Waals surface area contributed by atoms with Gasteiger partial charge in [0.05, 0.1) is 24.2 Å². The maximum Gasteiger partial charge on any atom is 0.123 e. The molecular weight excluding hydrogens is 339 g/mol. The van der Waals surface area contributed by atoms with E-state index in [2.05, 4.69) is 39.6 Å². The Labute approximate surface area is 120 Å². The minimum atomic E-state index is 0.609. The average molecular weight is 354 g/mol. The van der Waals surface area contributed by atoms with Crippen molar-refractivity contribution >= 4 is 34.0 Å². The van der Waals surface area contributed by atoms with Gasteiger partial charge in [0, 0.05) is 9.61 Å². The van der Waals surface area contributed by atoms with Crippen LogP contribution in [-0.4, -0.2) is 6.04 Å². The van der Waals surface area contributed by atoms with Crippen LogP contribution in [0.2, 0.25) is 0 Å². The van der Waals surface area contributed by atoms with Crippen LogP contribution in [-0.2, 0) is 6.54 Å². The number of nitrogens with zero attached hydrogens (tertiary/aromatic N) is 1. The van der Waals surface area contributed by atoms with Crippen LogP contribution in [0.4, 0.5) is 11.4 Å². The van der Waals surface area contributed by atoms with Crippen molar-refractivity contribution in [1.82, 2.24) is 0 Å². The Balaban J connectivity index is 1.89. The highest BCUT2D eigenvalue weighted by atomic mass is 127. The number of rotatable bonds is 4. The molecule has 1 aliphatic carbocycles. The Morgan fingerprint density at radius 1 is 1.33 bits per heavy atom. The van der Waals surface area contributed by atoms with E-state index in [9.17, 15) is 0 Å². The molecule has 3 nitrogen and oxygen atoms in total. The van der Waals surface area contributed by atoms with Crippen molar-refractivity contribution in [3.63, 3.8) is 0 Å². The normalized spacial score (nSPS) is 14.7. The number of nitrogens with two attached hydrogens (primary N) is 1. The van der Waals surface area contributed by atoms with Crippen molar-refractivity contribution in [1.29, 1.82) is 0 Å². The Morgan fingerprint density at radius 3 is 2.78 bits per heavy atom. The van der Waals surface area contributed by atoms with Crippen molar-refractivity contribution in [2.75, 3.05) is 10.6 Å². The van der Waals surface area contributed by atoms with E-state index >= 15 is 0 Å². The summed E-state index contributed by atoms with van der Waals surface area (Å²) in [4.78, 5) is 2.35. The minimum absolute atomic E-state index is 0.609. The maximum absolute atomic E-state index is 6.14. The largest absolute Gasteiger partial charge is 0.467 e. The average Bonchev–Trinajstić information content (AvgIpc) is 3.05. The molecule has 0 unspecified atom stereocenters. The summed E-state index contributed by atoms with van der Waals surface area (Å²) in [5.41, 5.74) is 8.11. The van der Waals surface area contributed by atoms with Crippen LogP contribution < -0.4 is 10.6 Å². The van der Waals surface area contributed by atoms with E-state index in [1.54, 1.807) is 6.26 Å². The summed E-state index contributed by atoms with van der Waals surface area (Å²) in [7, 11) is 0. The molecule has 1 aliphatic rings. The van der Waals surface area contributed by atoms with Crippen molar-refractivity contribution in [2.45, 2.75) is 25.4 Å². The van der Waals surface area contributed by atoms with Crippen LogP contribution >= 0.6 is 22.6 Å². The molecule has 0 bridgehead atoms. The molecule has 1 heterocycles. The molecule has 1 fully saturated rings. The van der Waals surface area contributed by atoms with Gasteiger partial charge in [0.25, 0.3) is 0 Å². The quantitative estimate of drug-likeness (QED) is 0.674. The number of hydrogen-bond donors (Lipinski definition) is 1. The molecule has 0 atom stereocenters. The van der Waals surface area contributed by atoms with Gasteiger partial charge in [-0.25, -0.2) is 0 Å². The Kier molecular flexibility index (Phi) is 3.20. The van der Waals surface area contributed by atoms with E-state index < -0.39 is 0 Å². The van der Waals surface area contributed by atoms with Crippen LogP contribution in [0.25, 0.3) is 0 Å². The molecule has 3 rings (SSSR count). The molecule has 0 radical (unpaired) electrons. The molecule has 0 saturated heterocycles. The van der Waals surface area contributed by atoms with Gasteiger partial charge in [0.2, 0.25) is 0 Å². The molecule has 94 valence electrons. The molecule has 2 N–H and O–H groups in total.